The number of nitrogens with one attached hydrogen (secondary N) is 1. The quantitative estimate of drug-likeness (QED) is 0.632. The molecule has 1 heterocycles. The molecule has 1 aromatic carbocycles. The number of nitrogen functional groups attached to an aromatic ring is 1. The zero-order valence-electron chi connectivity index (χ0n) is 11.0. The molecule has 20 heavy (non-hydrogen) atoms. The van der Waals surface area contributed by atoms with Crippen LogP contribution >= 0.6 is 11.8 Å². The number of anilines is 2. The Morgan fingerprint density at radius 1 is 1.50 bits per heavy atom. The van der Waals surface area contributed by atoms with E-state index in [0.717, 1.165) is 16.3 Å². The number of hydrogen-bond acceptors (Lipinski definition) is 4. The van der Waals surface area contributed by atoms with Crippen molar-refractivity contribution in [1.82, 2.24) is 9.78 Å². The number of para-hydroxylation sites is 1. The van der Waals surface area contributed by atoms with E-state index in [1.54, 1.807) is 18.0 Å². The monoisotopic (exact) mass is 288 g/mol. The van der Waals surface area contributed by atoms with Gasteiger partial charge in [-0.3, -0.25) is 9.48 Å². The molecule has 1 aromatic heterocycles. The van der Waals surface area contributed by atoms with Gasteiger partial charge in [0.05, 0.1) is 17.6 Å². The van der Waals surface area contributed by atoms with Crippen molar-refractivity contribution in [2.75, 3.05) is 16.8 Å². The minimum atomic E-state index is -0.139. The molecular formula is C14H16N4OS. The lowest BCUT2D eigenvalue weighted by atomic mass is 10.3. The number of hydrogen-bond donors (Lipinski definition) is 2. The van der Waals surface area contributed by atoms with Crippen molar-refractivity contribution in [2.24, 2.45) is 0 Å². The lowest BCUT2D eigenvalue weighted by Gasteiger charge is -2.10. The Labute approximate surface area is 121 Å². The van der Waals surface area contributed by atoms with Gasteiger partial charge in [-0.2, -0.15) is 5.10 Å². The van der Waals surface area contributed by atoms with Crippen molar-refractivity contribution in [1.29, 1.82) is 0 Å². The number of carbonyl (C=O) groups excluding carboxylic acids is 1. The van der Waals surface area contributed by atoms with Gasteiger partial charge in [0.1, 0.15) is 6.54 Å². The fourth-order valence-electron chi connectivity index (χ4n) is 1.65. The minimum Gasteiger partial charge on any atom is -0.396 e. The average Bonchev–Trinajstić information content (AvgIpc) is 2.83. The van der Waals surface area contributed by atoms with Crippen LogP contribution in [0.25, 0.3) is 0 Å². The molecule has 0 aliphatic carbocycles. The van der Waals surface area contributed by atoms with E-state index in [-0.39, 0.29) is 12.5 Å². The molecular weight excluding hydrogens is 272 g/mol. The van der Waals surface area contributed by atoms with Gasteiger partial charge in [-0.25, -0.2) is 0 Å². The van der Waals surface area contributed by atoms with Crippen molar-refractivity contribution in [3.8, 4) is 0 Å². The van der Waals surface area contributed by atoms with Crippen molar-refractivity contribution < 1.29 is 4.79 Å². The van der Waals surface area contributed by atoms with Gasteiger partial charge < -0.3 is 11.1 Å². The molecule has 1 amide bonds. The van der Waals surface area contributed by atoms with Crippen molar-refractivity contribution in [3.05, 3.63) is 49.3 Å². The molecule has 2 rings (SSSR count). The fraction of sp³-hybridized carbons (Fsp3) is 0.143. The van der Waals surface area contributed by atoms with Crippen LogP contribution in [0.15, 0.2) is 54.2 Å². The maximum atomic E-state index is 12.0. The summed E-state index contributed by atoms with van der Waals surface area (Å²) in [6.07, 6.45) is 4.97. The van der Waals surface area contributed by atoms with E-state index in [1.807, 2.05) is 30.3 Å². The largest absolute Gasteiger partial charge is 0.396 e. The van der Waals surface area contributed by atoms with Crippen LogP contribution in [0.1, 0.15) is 0 Å². The number of thioether (sulfide) groups is 1. The smallest absolute Gasteiger partial charge is 0.246 e. The summed E-state index contributed by atoms with van der Waals surface area (Å²) in [4.78, 5) is 13.0. The molecule has 0 bridgehead atoms. The second kappa shape index (κ2) is 6.81. The third kappa shape index (κ3) is 3.89. The van der Waals surface area contributed by atoms with E-state index < -0.39 is 0 Å². The van der Waals surface area contributed by atoms with E-state index >= 15 is 0 Å². The van der Waals surface area contributed by atoms with Crippen molar-refractivity contribution >= 4 is 29.0 Å². The lowest BCUT2D eigenvalue weighted by molar-refractivity contribution is -0.116. The van der Waals surface area contributed by atoms with Crippen LogP contribution in [-0.2, 0) is 11.3 Å². The fourth-order valence-corrected chi connectivity index (χ4v) is 2.39. The zero-order valence-corrected chi connectivity index (χ0v) is 11.8. The molecule has 0 aliphatic rings. The highest BCUT2D eigenvalue weighted by molar-refractivity contribution is 7.99. The SMILES string of the molecule is C=CCSc1ccccc1NC(=O)Cn1cc(N)cn1. The third-order valence-corrected chi connectivity index (χ3v) is 3.55. The van der Waals surface area contributed by atoms with Gasteiger partial charge in [0.2, 0.25) is 5.91 Å². The van der Waals surface area contributed by atoms with E-state index in [2.05, 4.69) is 17.0 Å². The van der Waals surface area contributed by atoms with Gasteiger partial charge in [0.25, 0.3) is 0 Å². The number of aromatic nitrogens is 2. The lowest BCUT2D eigenvalue weighted by Crippen LogP contribution is -2.19. The summed E-state index contributed by atoms with van der Waals surface area (Å²) in [5, 5.41) is 6.86. The van der Waals surface area contributed by atoms with Gasteiger partial charge in [0, 0.05) is 16.8 Å². The first-order valence-corrected chi connectivity index (χ1v) is 7.08. The molecule has 0 spiro atoms. The topological polar surface area (TPSA) is 72.9 Å². The average molecular weight is 288 g/mol. The molecule has 3 N–H and O–H groups in total. The highest BCUT2D eigenvalue weighted by Crippen LogP contribution is 2.26. The Kier molecular flexibility index (Phi) is 4.84. The number of nitrogens with two attached hydrogens (primary N) is 1. The molecule has 0 unspecified atom stereocenters. The van der Waals surface area contributed by atoms with Crippen molar-refractivity contribution in [3.63, 3.8) is 0 Å². The van der Waals surface area contributed by atoms with E-state index in [1.165, 1.54) is 10.9 Å². The number of benzene rings is 1. The molecule has 0 atom stereocenters. The summed E-state index contributed by atoms with van der Waals surface area (Å²) in [6, 6.07) is 7.67. The van der Waals surface area contributed by atoms with Gasteiger partial charge in [-0.15, -0.1) is 18.3 Å². The van der Waals surface area contributed by atoms with E-state index in [9.17, 15) is 4.79 Å². The van der Waals surface area contributed by atoms with Crippen molar-refractivity contribution in [2.45, 2.75) is 11.4 Å². The van der Waals surface area contributed by atoms with Crippen LogP contribution in [0.3, 0.4) is 0 Å². The van der Waals surface area contributed by atoms with Crippen LogP contribution in [0.2, 0.25) is 0 Å². The summed E-state index contributed by atoms with van der Waals surface area (Å²) in [6.45, 7) is 3.83. The van der Waals surface area contributed by atoms with Crippen LogP contribution in [0.4, 0.5) is 11.4 Å². The minimum absolute atomic E-state index is 0.137. The van der Waals surface area contributed by atoms with Crippen LogP contribution in [0, 0.1) is 0 Å². The Morgan fingerprint density at radius 2 is 2.30 bits per heavy atom. The highest BCUT2D eigenvalue weighted by atomic mass is 32.2. The first kappa shape index (κ1) is 14.2. The van der Waals surface area contributed by atoms with Gasteiger partial charge >= 0.3 is 0 Å². The van der Waals surface area contributed by atoms with E-state index in [4.69, 9.17) is 5.73 Å². The van der Waals surface area contributed by atoms with Gasteiger partial charge in [-0.05, 0) is 12.1 Å². The molecule has 0 aliphatic heterocycles. The Balaban J connectivity index is 2.01. The Bertz CT molecular complexity index is 609. The number of carbonyl (C=O) groups is 1. The molecule has 0 saturated carbocycles. The Morgan fingerprint density at radius 3 is 3.00 bits per heavy atom. The maximum Gasteiger partial charge on any atom is 0.246 e. The molecule has 5 nitrogen and oxygen atoms in total. The predicted octanol–water partition coefficient (Wildman–Crippen LogP) is 2.38. The summed E-state index contributed by atoms with van der Waals surface area (Å²) in [7, 11) is 0. The van der Waals surface area contributed by atoms with Crippen LogP contribution in [-0.4, -0.2) is 21.4 Å². The third-order valence-electron chi connectivity index (χ3n) is 2.48. The summed E-state index contributed by atoms with van der Waals surface area (Å²) in [5.74, 6) is 0.655. The number of nitrogens with zero attached hydrogens (tertiary/aromatic N) is 2. The second-order valence-corrected chi connectivity index (χ2v) is 5.18. The maximum absolute atomic E-state index is 12.0. The molecule has 2 aromatic rings. The second-order valence-electron chi connectivity index (χ2n) is 4.12. The van der Waals surface area contributed by atoms with Crippen LogP contribution in [0.5, 0.6) is 0 Å². The summed E-state index contributed by atoms with van der Waals surface area (Å²) >= 11 is 1.62. The molecule has 6 heteroatoms. The van der Waals surface area contributed by atoms with Gasteiger partial charge in [-0.1, -0.05) is 18.2 Å². The number of rotatable bonds is 6. The first-order valence-electron chi connectivity index (χ1n) is 6.09. The predicted molar refractivity (Wildman–Crippen MR) is 82.6 cm³/mol. The molecule has 0 fully saturated rings. The molecule has 0 radical (unpaired) electrons. The van der Waals surface area contributed by atoms with Crippen LogP contribution < -0.4 is 11.1 Å². The molecule has 0 saturated heterocycles. The molecule has 104 valence electrons. The summed E-state index contributed by atoms with van der Waals surface area (Å²) in [5.41, 5.74) is 6.90. The zero-order chi connectivity index (χ0) is 14.4. The highest BCUT2D eigenvalue weighted by Gasteiger charge is 2.08. The standard InChI is InChI=1S/C14H16N4OS/c1-2-7-20-13-6-4-3-5-12(13)17-14(19)10-18-9-11(15)8-16-18/h2-6,8-9H,1,7,10,15H2,(H,17,19). The normalized spacial score (nSPS) is 10.2. The van der Waals surface area contributed by atoms with E-state index in [0.29, 0.717) is 5.69 Å². The first-order chi connectivity index (χ1) is 9.69. The Hall–Kier alpha value is -2.21. The number of amides is 1. The summed E-state index contributed by atoms with van der Waals surface area (Å²) < 4.78 is 1.50. The van der Waals surface area contributed by atoms with Gasteiger partial charge in [0.15, 0.2) is 0 Å².